The smallest absolute Gasteiger partial charge is 0.320 e. The van der Waals surface area contributed by atoms with Gasteiger partial charge in [-0.25, -0.2) is 9.78 Å². The lowest BCUT2D eigenvalue weighted by atomic mass is 9.95. The molecule has 0 bridgehead atoms. The first kappa shape index (κ1) is 18.7. The highest BCUT2D eigenvalue weighted by Gasteiger charge is 2.49. The van der Waals surface area contributed by atoms with Gasteiger partial charge in [-0.3, -0.25) is 4.48 Å². The quantitative estimate of drug-likeness (QED) is 0.748. The van der Waals surface area contributed by atoms with E-state index in [1.807, 2.05) is 4.90 Å². The fourth-order valence-corrected chi connectivity index (χ4v) is 4.79. The summed E-state index contributed by atoms with van der Waals surface area (Å²) in [4.78, 5) is 28.2. The lowest BCUT2D eigenvalue weighted by molar-refractivity contribution is 0.128. The van der Waals surface area contributed by atoms with Crippen LogP contribution in [0.3, 0.4) is 0 Å². The van der Waals surface area contributed by atoms with Crippen molar-refractivity contribution in [1.29, 1.82) is 5.26 Å². The van der Waals surface area contributed by atoms with Crippen LogP contribution in [0.4, 0.5) is 16.4 Å². The average Bonchev–Trinajstić information content (AvgIpc) is 3.38. The van der Waals surface area contributed by atoms with Crippen LogP contribution in [-0.2, 0) is 0 Å². The molecule has 4 heterocycles. The Hall–Kier alpha value is -2.66. The Balaban J connectivity index is 1.56. The molecule has 0 aliphatic carbocycles. The minimum absolute atomic E-state index is 0.0419. The number of quaternary nitrogens is 1. The molecule has 28 heavy (non-hydrogen) atoms. The molecule has 148 valence electrons. The maximum atomic E-state index is 13.0. The number of fused-ring (bicyclic) bond motifs is 1. The second kappa shape index (κ2) is 6.74. The monoisotopic (exact) mass is 382 g/mol. The highest BCUT2D eigenvalue weighted by molar-refractivity contribution is 5.79. The maximum absolute atomic E-state index is 13.0. The van der Waals surface area contributed by atoms with E-state index in [1.165, 1.54) is 0 Å². The zero-order valence-corrected chi connectivity index (χ0v) is 16.9. The van der Waals surface area contributed by atoms with Gasteiger partial charge in [-0.1, -0.05) is 0 Å². The van der Waals surface area contributed by atoms with Gasteiger partial charge in [0.25, 0.3) is 0 Å². The van der Waals surface area contributed by atoms with Crippen molar-refractivity contribution in [2.75, 3.05) is 52.2 Å². The van der Waals surface area contributed by atoms with Gasteiger partial charge in [-0.05, 0) is 19.3 Å². The van der Waals surface area contributed by atoms with Crippen molar-refractivity contribution >= 4 is 23.7 Å². The van der Waals surface area contributed by atoms with Gasteiger partial charge >= 0.3 is 6.03 Å². The molecule has 1 spiro atoms. The summed E-state index contributed by atoms with van der Waals surface area (Å²) in [6.45, 7) is 2.95. The summed E-state index contributed by atoms with van der Waals surface area (Å²) < 4.78 is 0.623. The molecular weight excluding hydrogens is 354 g/mol. The van der Waals surface area contributed by atoms with Gasteiger partial charge in [-0.15, -0.1) is 0 Å². The summed E-state index contributed by atoms with van der Waals surface area (Å²) in [5.74, 6) is 1.99. The van der Waals surface area contributed by atoms with Crippen LogP contribution in [0, 0.1) is 11.3 Å². The topological polar surface area (TPSA) is 76.4 Å². The largest absolute Gasteiger partial charge is 0.353 e. The fourth-order valence-electron chi connectivity index (χ4n) is 4.79. The SMILES string of the molecule is CN(CCC#N)C(=O)N1CCCC12CCN(c1ncnc3c1C=C[N+]3(C)C)C2. The van der Waals surface area contributed by atoms with Gasteiger partial charge in [-0.2, -0.15) is 10.2 Å². The lowest BCUT2D eigenvalue weighted by Crippen LogP contribution is -2.53. The molecule has 2 fully saturated rings. The molecule has 1 atom stereocenters. The van der Waals surface area contributed by atoms with Gasteiger partial charge < -0.3 is 14.7 Å². The molecule has 0 aromatic carbocycles. The van der Waals surface area contributed by atoms with Crippen molar-refractivity contribution in [3.05, 3.63) is 18.1 Å². The van der Waals surface area contributed by atoms with E-state index in [2.05, 4.69) is 47.3 Å². The number of carbonyl (C=O) groups is 1. The Labute approximate surface area is 166 Å². The third kappa shape index (κ3) is 2.90. The van der Waals surface area contributed by atoms with E-state index in [4.69, 9.17) is 5.26 Å². The van der Waals surface area contributed by atoms with Gasteiger partial charge in [0.2, 0.25) is 5.82 Å². The van der Waals surface area contributed by atoms with Crippen molar-refractivity contribution in [2.45, 2.75) is 31.2 Å². The molecule has 2 amide bonds. The molecule has 3 aliphatic heterocycles. The van der Waals surface area contributed by atoms with Crippen LogP contribution in [0.1, 0.15) is 31.2 Å². The van der Waals surface area contributed by atoms with Crippen molar-refractivity contribution in [3.8, 4) is 6.07 Å². The number of hydrogen-bond donors (Lipinski definition) is 0. The molecule has 0 saturated carbocycles. The van der Waals surface area contributed by atoms with Gasteiger partial charge in [0.15, 0.2) is 0 Å². The summed E-state index contributed by atoms with van der Waals surface area (Å²) in [6, 6.07) is 2.16. The number of amides is 2. The Bertz CT molecular complexity index is 859. The first-order valence-corrected chi connectivity index (χ1v) is 9.91. The molecule has 8 nitrogen and oxygen atoms in total. The van der Waals surface area contributed by atoms with Crippen LogP contribution in [0.25, 0.3) is 6.08 Å². The minimum atomic E-state index is -0.136. The van der Waals surface area contributed by atoms with Crippen molar-refractivity contribution < 1.29 is 4.79 Å². The second-order valence-corrected chi connectivity index (χ2v) is 8.55. The average molecular weight is 382 g/mol. The lowest BCUT2D eigenvalue weighted by Gasteiger charge is -2.37. The molecule has 4 rings (SSSR count). The van der Waals surface area contributed by atoms with E-state index in [0.29, 0.717) is 17.4 Å². The van der Waals surface area contributed by atoms with E-state index in [1.54, 1.807) is 18.3 Å². The standard InChI is InChI=1S/C20H28N7O/c1-24(10-5-9-21)19(28)26-11-4-7-20(26)8-12-25(14-20)17-16-6-13-27(2,3)18(16)23-15-22-17/h6,13,15H,4-5,7-8,10-12,14H2,1-3H3/q+1. The fraction of sp³-hybridized carbons (Fsp3) is 0.600. The molecule has 8 heteroatoms. The highest BCUT2D eigenvalue weighted by Crippen LogP contribution is 2.42. The first-order chi connectivity index (χ1) is 13.4. The number of hydrogen-bond acceptors (Lipinski definition) is 5. The predicted molar refractivity (Wildman–Crippen MR) is 108 cm³/mol. The second-order valence-electron chi connectivity index (χ2n) is 8.55. The number of aromatic nitrogens is 2. The van der Waals surface area contributed by atoms with E-state index in [-0.39, 0.29) is 11.6 Å². The molecule has 3 aliphatic rings. The van der Waals surface area contributed by atoms with E-state index < -0.39 is 0 Å². The minimum Gasteiger partial charge on any atom is -0.353 e. The van der Waals surface area contributed by atoms with Crippen LogP contribution in [0.2, 0.25) is 0 Å². The molecule has 2 saturated heterocycles. The molecule has 1 unspecified atom stereocenters. The zero-order chi connectivity index (χ0) is 19.9. The third-order valence-corrected chi connectivity index (χ3v) is 6.35. The van der Waals surface area contributed by atoms with Crippen LogP contribution >= 0.6 is 0 Å². The third-order valence-electron chi connectivity index (χ3n) is 6.35. The Morgan fingerprint density at radius 3 is 2.96 bits per heavy atom. The Kier molecular flexibility index (Phi) is 4.50. The molecule has 1 aromatic rings. The normalized spacial score (nSPS) is 24.6. The van der Waals surface area contributed by atoms with Crippen LogP contribution < -0.4 is 9.38 Å². The Morgan fingerprint density at radius 1 is 1.36 bits per heavy atom. The van der Waals surface area contributed by atoms with E-state index >= 15 is 0 Å². The summed E-state index contributed by atoms with van der Waals surface area (Å²) in [6.07, 6.45) is 9.25. The molecule has 0 N–H and O–H groups in total. The van der Waals surface area contributed by atoms with E-state index in [9.17, 15) is 4.79 Å². The number of carbonyl (C=O) groups excluding carboxylic acids is 1. The molecule has 0 radical (unpaired) electrons. The highest BCUT2D eigenvalue weighted by atomic mass is 16.2. The summed E-state index contributed by atoms with van der Waals surface area (Å²) in [5, 5.41) is 8.81. The maximum Gasteiger partial charge on any atom is 0.320 e. The first-order valence-electron chi connectivity index (χ1n) is 9.91. The number of nitrogens with zero attached hydrogens (tertiary/aromatic N) is 7. The Morgan fingerprint density at radius 2 is 2.18 bits per heavy atom. The number of urea groups is 1. The van der Waals surface area contributed by atoms with Gasteiger partial charge in [0, 0.05) is 39.3 Å². The van der Waals surface area contributed by atoms with Crippen molar-refractivity contribution in [1.82, 2.24) is 24.3 Å². The number of anilines is 1. The van der Waals surface area contributed by atoms with Crippen molar-refractivity contribution in [3.63, 3.8) is 0 Å². The number of nitriles is 1. The number of likely N-dealkylation sites (tertiary alicyclic amines) is 1. The molecular formula is C20H28N7O+. The zero-order valence-electron chi connectivity index (χ0n) is 16.9. The van der Waals surface area contributed by atoms with Gasteiger partial charge in [0.05, 0.1) is 32.1 Å². The summed E-state index contributed by atoms with van der Waals surface area (Å²) >= 11 is 0. The van der Waals surface area contributed by atoms with Crippen LogP contribution in [0.15, 0.2) is 12.5 Å². The van der Waals surface area contributed by atoms with Crippen LogP contribution in [0.5, 0.6) is 0 Å². The van der Waals surface area contributed by atoms with Crippen LogP contribution in [-0.4, -0.2) is 78.7 Å². The van der Waals surface area contributed by atoms with Crippen molar-refractivity contribution in [2.24, 2.45) is 0 Å². The molecule has 1 aromatic heterocycles. The van der Waals surface area contributed by atoms with Gasteiger partial charge in [0.1, 0.15) is 23.9 Å². The summed E-state index contributed by atoms with van der Waals surface area (Å²) in [5.41, 5.74) is 0.953. The predicted octanol–water partition coefficient (Wildman–Crippen LogP) is 2.04. The van der Waals surface area contributed by atoms with E-state index in [0.717, 1.165) is 56.1 Å². The summed E-state index contributed by atoms with van der Waals surface area (Å²) in [7, 11) is 6.01. The number of rotatable bonds is 3.